The van der Waals surface area contributed by atoms with E-state index in [1.165, 1.54) is 0 Å². The lowest BCUT2D eigenvalue weighted by atomic mass is 10.2. The second kappa shape index (κ2) is 3.90. The highest BCUT2D eigenvalue weighted by Crippen LogP contribution is 2.07. The highest BCUT2D eigenvalue weighted by molar-refractivity contribution is 7.80. The van der Waals surface area contributed by atoms with Gasteiger partial charge >= 0.3 is 0 Å². The van der Waals surface area contributed by atoms with Crippen LogP contribution in [-0.4, -0.2) is 35.0 Å². The van der Waals surface area contributed by atoms with Crippen LogP contribution in [-0.2, 0) is 0 Å². The molecule has 0 atom stereocenters. The van der Waals surface area contributed by atoms with Gasteiger partial charge in [0.1, 0.15) is 4.99 Å². The Morgan fingerprint density at radius 1 is 1.58 bits per heavy atom. The van der Waals surface area contributed by atoms with Gasteiger partial charge in [-0.05, 0) is 12.0 Å². The lowest BCUT2D eigenvalue weighted by Crippen LogP contribution is -2.41. The molecule has 2 nitrogen and oxygen atoms in total. The largest absolute Gasteiger partial charge is 0.363 e. The number of nitrogens with zero attached hydrogens (tertiary/aromatic N) is 2. The Morgan fingerprint density at radius 3 is 2.83 bits per heavy atom. The molecule has 1 aliphatic rings. The molecule has 3 heteroatoms. The first-order chi connectivity index (χ1) is 5.59. The molecule has 0 saturated carbocycles. The number of hydrogen-bond donors (Lipinski definition) is 0. The van der Waals surface area contributed by atoms with E-state index >= 15 is 0 Å². The maximum Gasteiger partial charge on any atom is 0.104 e. The smallest absolute Gasteiger partial charge is 0.104 e. The van der Waals surface area contributed by atoms with Crippen molar-refractivity contribution in [3.63, 3.8) is 0 Å². The summed E-state index contributed by atoms with van der Waals surface area (Å²) >= 11 is 5.21. The summed E-state index contributed by atoms with van der Waals surface area (Å²) in [7, 11) is 2.06. The van der Waals surface area contributed by atoms with E-state index in [0.29, 0.717) is 5.92 Å². The van der Waals surface area contributed by atoms with Crippen LogP contribution in [0.15, 0.2) is 12.3 Å². The van der Waals surface area contributed by atoms with Crippen LogP contribution in [0.2, 0.25) is 0 Å². The third kappa shape index (κ3) is 2.48. The van der Waals surface area contributed by atoms with Gasteiger partial charge in [-0.15, -0.1) is 0 Å². The van der Waals surface area contributed by atoms with Gasteiger partial charge in [-0.2, -0.15) is 0 Å². The van der Waals surface area contributed by atoms with Gasteiger partial charge in [-0.25, -0.2) is 0 Å². The molecule has 12 heavy (non-hydrogen) atoms. The van der Waals surface area contributed by atoms with Gasteiger partial charge in [0.25, 0.3) is 0 Å². The van der Waals surface area contributed by atoms with E-state index in [9.17, 15) is 0 Å². The molecule has 1 aliphatic heterocycles. The maximum absolute atomic E-state index is 5.21. The second-order valence-corrected chi connectivity index (χ2v) is 4.09. The maximum atomic E-state index is 5.21. The zero-order chi connectivity index (χ0) is 9.14. The lowest BCUT2D eigenvalue weighted by Gasteiger charge is -2.33. The standard InChI is InChI=1S/C9H16N2S/c1-8(2)6-11-7-10(3)5-4-9(11)12/h4-5,8H,6-7H2,1-3H3. The monoisotopic (exact) mass is 184 g/mol. The predicted octanol–water partition coefficient (Wildman–Crippen LogP) is 1.69. The van der Waals surface area contributed by atoms with Crippen LogP contribution in [0.25, 0.3) is 0 Å². The van der Waals surface area contributed by atoms with E-state index in [0.717, 1.165) is 18.2 Å². The number of thiocarbonyl (C=S) groups is 1. The quantitative estimate of drug-likeness (QED) is 0.603. The third-order valence-electron chi connectivity index (χ3n) is 1.76. The van der Waals surface area contributed by atoms with Gasteiger partial charge in [0, 0.05) is 19.8 Å². The summed E-state index contributed by atoms with van der Waals surface area (Å²) in [4.78, 5) is 5.32. The van der Waals surface area contributed by atoms with Gasteiger partial charge in [-0.3, -0.25) is 0 Å². The van der Waals surface area contributed by atoms with Crippen molar-refractivity contribution in [2.45, 2.75) is 13.8 Å². The number of rotatable bonds is 2. The van der Waals surface area contributed by atoms with E-state index < -0.39 is 0 Å². The third-order valence-corrected chi connectivity index (χ3v) is 2.16. The van der Waals surface area contributed by atoms with Crippen molar-refractivity contribution in [1.82, 2.24) is 9.80 Å². The van der Waals surface area contributed by atoms with Crippen molar-refractivity contribution >= 4 is 17.2 Å². The molecule has 0 spiro atoms. The van der Waals surface area contributed by atoms with Crippen LogP contribution in [0.1, 0.15) is 13.8 Å². The molecule has 0 aromatic rings. The molecule has 68 valence electrons. The molecule has 1 rings (SSSR count). The first-order valence-electron chi connectivity index (χ1n) is 4.27. The van der Waals surface area contributed by atoms with E-state index in [1.54, 1.807) is 0 Å². The zero-order valence-electron chi connectivity index (χ0n) is 7.95. The van der Waals surface area contributed by atoms with E-state index in [1.807, 2.05) is 12.3 Å². The SMILES string of the molecule is CC(C)CN1CN(C)C=CC1=S. The summed E-state index contributed by atoms with van der Waals surface area (Å²) in [5, 5.41) is 0. The minimum atomic E-state index is 0.669. The Kier molecular flexibility index (Phi) is 3.09. The lowest BCUT2D eigenvalue weighted by molar-refractivity contribution is 0.255. The Bertz CT molecular complexity index is 199. The van der Waals surface area contributed by atoms with Crippen LogP contribution < -0.4 is 0 Å². The molecule has 0 aromatic carbocycles. The van der Waals surface area contributed by atoms with Gasteiger partial charge in [0.2, 0.25) is 0 Å². The van der Waals surface area contributed by atoms with E-state index in [2.05, 4.69) is 30.7 Å². The molecule has 0 fully saturated rings. The molecule has 0 radical (unpaired) electrons. The first kappa shape index (κ1) is 9.52. The highest BCUT2D eigenvalue weighted by atomic mass is 32.1. The second-order valence-electron chi connectivity index (χ2n) is 3.67. The molecule has 0 aliphatic carbocycles. The Balaban J connectivity index is 2.54. The van der Waals surface area contributed by atoms with Gasteiger partial charge in [0.05, 0.1) is 6.67 Å². The molecule has 0 bridgehead atoms. The summed E-state index contributed by atoms with van der Waals surface area (Å²) in [6, 6.07) is 0. The summed E-state index contributed by atoms with van der Waals surface area (Å²) in [5.41, 5.74) is 0. The predicted molar refractivity (Wildman–Crippen MR) is 55.9 cm³/mol. The van der Waals surface area contributed by atoms with Gasteiger partial charge in [-0.1, -0.05) is 26.1 Å². The Morgan fingerprint density at radius 2 is 2.25 bits per heavy atom. The minimum Gasteiger partial charge on any atom is -0.363 e. The number of hydrogen-bond acceptors (Lipinski definition) is 2. The van der Waals surface area contributed by atoms with Gasteiger partial charge < -0.3 is 9.80 Å². The fourth-order valence-electron chi connectivity index (χ4n) is 1.27. The van der Waals surface area contributed by atoms with Crippen molar-refractivity contribution in [3.05, 3.63) is 12.3 Å². The van der Waals surface area contributed by atoms with Crippen LogP contribution in [0.3, 0.4) is 0 Å². The van der Waals surface area contributed by atoms with Crippen molar-refractivity contribution in [2.24, 2.45) is 5.92 Å². The molecule has 0 saturated heterocycles. The van der Waals surface area contributed by atoms with Crippen molar-refractivity contribution in [3.8, 4) is 0 Å². The summed E-state index contributed by atoms with van der Waals surface area (Å²) < 4.78 is 0. The Hall–Kier alpha value is -0.570. The average Bonchev–Trinajstić information content (AvgIpc) is 1.96. The average molecular weight is 184 g/mol. The molecule has 0 amide bonds. The topological polar surface area (TPSA) is 6.48 Å². The first-order valence-corrected chi connectivity index (χ1v) is 4.68. The molecule has 0 N–H and O–H groups in total. The fraction of sp³-hybridized carbons (Fsp3) is 0.667. The van der Waals surface area contributed by atoms with Crippen LogP contribution in [0.4, 0.5) is 0 Å². The minimum absolute atomic E-state index is 0.669. The molecular weight excluding hydrogens is 168 g/mol. The van der Waals surface area contributed by atoms with Gasteiger partial charge in [0.15, 0.2) is 0 Å². The molecule has 1 heterocycles. The highest BCUT2D eigenvalue weighted by Gasteiger charge is 2.13. The van der Waals surface area contributed by atoms with Crippen molar-refractivity contribution < 1.29 is 0 Å². The normalized spacial score (nSPS) is 17.8. The van der Waals surface area contributed by atoms with Crippen molar-refractivity contribution in [2.75, 3.05) is 20.3 Å². The van der Waals surface area contributed by atoms with Crippen molar-refractivity contribution in [1.29, 1.82) is 0 Å². The molecular formula is C9H16N2S. The molecule has 0 aromatic heterocycles. The summed E-state index contributed by atoms with van der Waals surface area (Å²) in [6.07, 6.45) is 4.01. The summed E-state index contributed by atoms with van der Waals surface area (Å²) in [5.74, 6) is 0.669. The van der Waals surface area contributed by atoms with E-state index in [-0.39, 0.29) is 0 Å². The van der Waals surface area contributed by atoms with Crippen LogP contribution >= 0.6 is 12.2 Å². The fourth-order valence-corrected chi connectivity index (χ4v) is 1.46. The van der Waals surface area contributed by atoms with E-state index in [4.69, 9.17) is 12.2 Å². The Labute approximate surface area is 79.8 Å². The summed E-state index contributed by atoms with van der Waals surface area (Å²) in [6.45, 7) is 6.39. The zero-order valence-corrected chi connectivity index (χ0v) is 8.77. The van der Waals surface area contributed by atoms with Crippen LogP contribution in [0, 0.1) is 5.92 Å². The van der Waals surface area contributed by atoms with Crippen LogP contribution in [0.5, 0.6) is 0 Å². The molecule has 0 unspecified atom stereocenters.